The average Bonchev–Trinajstić information content (AvgIpc) is 2.37. The summed E-state index contributed by atoms with van der Waals surface area (Å²) in [4.78, 5) is 15.0. The first kappa shape index (κ1) is 15.3. The Labute approximate surface area is 105 Å². The summed E-state index contributed by atoms with van der Waals surface area (Å²) in [5.74, 6) is -0.188. The number of aliphatic hydroxyl groups excluding tert-OH is 1. The van der Waals surface area contributed by atoms with E-state index in [2.05, 4.69) is 0 Å². The van der Waals surface area contributed by atoms with Crippen LogP contribution in [-0.2, 0) is 9.53 Å². The number of carbonyl (C=O) groups is 1. The molecule has 0 radical (unpaired) electrons. The van der Waals surface area contributed by atoms with Crippen LogP contribution in [0.25, 0.3) is 0 Å². The summed E-state index contributed by atoms with van der Waals surface area (Å²) in [6, 6.07) is -0.649. The molecule has 7 heteroatoms. The molecular formula is C11H20F2N2O3. The van der Waals surface area contributed by atoms with Gasteiger partial charge < -0.3 is 14.7 Å². The lowest BCUT2D eigenvalue weighted by atomic mass is 10.2. The minimum atomic E-state index is -2.52. The van der Waals surface area contributed by atoms with Crippen LogP contribution >= 0.6 is 0 Å². The minimum absolute atomic E-state index is 0.0710. The first-order chi connectivity index (χ1) is 8.56. The predicted octanol–water partition coefficient (Wildman–Crippen LogP) is -0.207. The number of nitrogens with zero attached hydrogens (tertiary/aromatic N) is 2. The van der Waals surface area contributed by atoms with Gasteiger partial charge in [-0.05, 0) is 6.92 Å². The molecule has 0 spiro atoms. The molecule has 18 heavy (non-hydrogen) atoms. The number of aliphatic hydroxyl groups is 1. The maximum absolute atomic E-state index is 12.4. The van der Waals surface area contributed by atoms with Crippen LogP contribution in [0.15, 0.2) is 0 Å². The fourth-order valence-corrected chi connectivity index (χ4v) is 1.95. The van der Waals surface area contributed by atoms with Gasteiger partial charge in [0, 0.05) is 19.6 Å². The molecule has 1 amide bonds. The van der Waals surface area contributed by atoms with Crippen LogP contribution < -0.4 is 0 Å². The van der Waals surface area contributed by atoms with Crippen molar-refractivity contribution in [2.45, 2.75) is 19.4 Å². The van der Waals surface area contributed by atoms with Crippen molar-refractivity contribution in [3.63, 3.8) is 0 Å². The van der Waals surface area contributed by atoms with Gasteiger partial charge in [-0.3, -0.25) is 9.69 Å². The molecule has 0 aromatic carbocycles. The van der Waals surface area contributed by atoms with Gasteiger partial charge in [0.1, 0.15) is 0 Å². The van der Waals surface area contributed by atoms with Crippen molar-refractivity contribution >= 4 is 5.91 Å². The number of amides is 1. The number of ether oxygens (including phenoxy) is 1. The molecule has 0 aromatic heterocycles. The first-order valence-electron chi connectivity index (χ1n) is 6.06. The highest BCUT2D eigenvalue weighted by Gasteiger charge is 2.28. The third-order valence-corrected chi connectivity index (χ3v) is 2.99. The molecule has 0 saturated carbocycles. The smallest absolute Gasteiger partial charge is 0.251 e. The highest BCUT2D eigenvalue weighted by Crippen LogP contribution is 2.09. The van der Waals surface area contributed by atoms with E-state index in [1.807, 2.05) is 0 Å². The van der Waals surface area contributed by atoms with Gasteiger partial charge in [-0.25, -0.2) is 8.78 Å². The Hall–Kier alpha value is -0.790. The van der Waals surface area contributed by atoms with Crippen LogP contribution in [0.2, 0.25) is 0 Å². The lowest BCUT2D eigenvalue weighted by molar-refractivity contribution is -0.141. The molecule has 1 atom stereocenters. The number of hydrogen-bond donors (Lipinski definition) is 1. The topological polar surface area (TPSA) is 53.0 Å². The molecule has 5 nitrogen and oxygen atoms in total. The fourth-order valence-electron chi connectivity index (χ4n) is 1.95. The summed E-state index contributed by atoms with van der Waals surface area (Å²) < 4.78 is 29.9. The van der Waals surface area contributed by atoms with Crippen LogP contribution in [0.5, 0.6) is 0 Å². The maximum Gasteiger partial charge on any atom is 0.251 e. The van der Waals surface area contributed by atoms with Gasteiger partial charge in [0.15, 0.2) is 0 Å². The quantitative estimate of drug-likeness (QED) is 0.723. The van der Waals surface area contributed by atoms with Crippen molar-refractivity contribution < 1.29 is 23.4 Å². The highest BCUT2D eigenvalue weighted by molar-refractivity contribution is 5.81. The Morgan fingerprint density at radius 2 is 2.06 bits per heavy atom. The van der Waals surface area contributed by atoms with E-state index in [0.29, 0.717) is 26.3 Å². The van der Waals surface area contributed by atoms with Crippen LogP contribution in [0, 0.1) is 0 Å². The Morgan fingerprint density at radius 3 is 2.56 bits per heavy atom. The summed E-state index contributed by atoms with van der Waals surface area (Å²) in [6.45, 7) is 2.86. The van der Waals surface area contributed by atoms with Gasteiger partial charge >= 0.3 is 0 Å². The molecule has 0 aliphatic carbocycles. The first-order valence-corrected chi connectivity index (χ1v) is 6.06. The predicted molar refractivity (Wildman–Crippen MR) is 61.5 cm³/mol. The molecule has 1 aliphatic heterocycles. The average molecular weight is 266 g/mol. The third-order valence-electron chi connectivity index (χ3n) is 2.99. The van der Waals surface area contributed by atoms with Crippen molar-refractivity contribution in [1.82, 2.24) is 9.80 Å². The van der Waals surface area contributed by atoms with Gasteiger partial charge in [0.2, 0.25) is 5.91 Å². The van der Waals surface area contributed by atoms with E-state index in [1.54, 1.807) is 11.8 Å². The zero-order chi connectivity index (χ0) is 13.5. The Balaban J connectivity index is 2.56. The number of alkyl halides is 2. The molecule has 1 N–H and O–H groups in total. The Bertz CT molecular complexity index is 261. The normalized spacial score (nSPS) is 18.4. The number of morpholine rings is 1. The van der Waals surface area contributed by atoms with E-state index in [4.69, 9.17) is 9.84 Å². The lowest BCUT2D eigenvalue weighted by Crippen LogP contribution is -2.52. The molecule has 106 valence electrons. The summed E-state index contributed by atoms with van der Waals surface area (Å²) in [6.07, 6.45) is -2.52. The Morgan fingerprint density at radius 1 is 1.44 bits per heavy atom. The highest BCUT2D eigenvalue weighted by atomic mass is 19.3. The van der Waals surface area contributed by atoms with Gasteiger partial charge in [-0.1, -0.05) is 0 Å². The molecule has 1 fully saturated rings. The summed E-state index contributed by atoms with van der Waals surface area (Å²) in [5.41, 5.74) is 0. The monoisotopic (exact) mass is 266 g/mol. The van der Waals surface area contributed by atoms with E-state index >= 15 is 0 Å². The van der Waals surface area contributed by atoms with E-state index in [1.165, 1.54) is 4.90 Å². The van der Waals surface area contributed by atoms with E-state index < -0.39 is 19.0 Å². The molecular weight excluding hydrogens is 246 g/mol. The zero-order valence-electron chi connectivity index (χ0n) is 10.5. The van der Waals surface area contributed by atoms with Crippen molar-refractivity contribution in [2.75, 3.05) is 46.0 Å². The SMILES string of the molecule is CC(C(=O)N1CCOCC1)N(CCO)CC(F)F. The van der Waals surface area contributed by atoms with Gasteiger partial charge in [0.05, 0.1) is 32.4 Å². The molecule has 1 heterocycles. The number of hydrogen-bond acceptors (Lipinski definition) is 4. The van der Waals surface area contributed by atoms with Crippen molar-refractivity contribution in [2.24, 2.45) is 0 Å². The maximum atomic E-state index is 12.4. The third kappa shape index (κ3) is 4.47. The van der Waals surface area contributed by atoms with E-state index in [9.17, 15) is 13.6 Å². The fraction of sp³-hybridized carbons (Fsp3) is 0.909. The molecule has 1 aliphatic rings. The molecule has 1 rings (SSSR count). The molecule has 1 unspecified atom stereocenters. The van der Waals surface area contributed by atoms with Crippen molar-refractivity contribution in [3.8, 4) is 0 Å². The zero-order valence-corrected chi connectivity index (χ0v) is 10.5. The summed E-state index contributed by atoms with van der Waals surface area (Å²) >= 11 is 0. The van der Waals surface area contributed by atoms with Crippen LogP contribution in [0.4, 0.5) is 8.78 Å². The van der Waals surface area contributed by atoms with Gasteiger partial charge in [-0.2, -0.15) is 0 Å². The number of carbonyl (C=O) groups excluding carboxylic acids is 1. The van der Waals surface area contributed by atoms with Crippen molar-refractivity contribution in [3.05, 3.63) is 0 Å². The van der Waals surface area contributed by atoms with Crippen LogP contribution in [0.1, 0.15) is 6.92 Å². The van der Waals surface area contributed by atoms with Gasteiger partial charge in [-0.15, -0.1) is 0 Å². The lowest BCUT2D eigenvalue weighted by Gasteiger charge is -2.34. The number of rotatable bonds is 6. The second-order valence-corrected chi connectivity index (χ2v) is 4.22. The van der Waals surface area contributed by atoms with Crippen LogP contribution in [-0.4, -0.2) is 79.3 Å². The number of halogens is 2. The van der Waals surface area contributed by atoms with Crippen molar-refractivity contribution in [1.29, 1.82) is 0 Å². The van der Waals surface area contributed by atoms with E-state index in [-0.39, 0.29) is 19.1 Å². The summed E-state index contributed by atoms with van der Waals surface area (Å²) in [7, 11) is 0. The second kappa shape index (κ2) is 7.60. The molecule has 1 saturated heterocycles. The Kier molecular flexibility index (Phi) is 6.45. The molecule has 0 aromatic rings. The van der Waals surface area contributed by atoms with Gasteiger partial charge in [0.25, 0.3) is 6.43 Å². The minimum Gasteiger partial charge on any atom is -0.395 e. The largest absolute Gasteiger partial charge is 0.395 e. The van der Waals surface area contributed by atoms with Crippen LogP contribution in [0.3, 0.4) is 0 Å². The van der Waals surface area contributed by atoms with E-state index in [0.717, 1.165) is 0 Å². The molecule has 0 bridgehead atoms. The standard InChI is InChI=1S/C11H20F2N2O3/c1-9(15(2-5-16)8-10(12)13)11(17)14-3-6-18-7-4-14/h9-10,16H,2-8H2,1H3. The second-order valence-electron chi connectivity index (χ2n) is 4.22. The summed E-state index contributed by atoms with van der Waals surface area (Å²) in [5, 5.41) is 8.86.